The van der Waals surface area contributed by atoms with Crippen molar-refractivity contribution in [1.29, 1.82) is 0 Å². The van der Waals surface area contributed by atoms with Crippen LogP contribution in [0.25, 0.3) is 11.1 Å². The second kappa shape index (κ2) is 19.4. The maximum atomic E-state index is 13.6. The smallest absolute Gasteiger partial charge is 0.407 e. The number of carbonyl (C=O) groups is 6. The first-order chi connectivity index (χ1) is 26.8. The van der Waals surface area contributed by atoms with E-state index in [2.05, 4.69) is 21.3 Å². The molecule has 0 aliphatic heterocycles. The van der Waals surface area contributed by atoms with Crippen molar-refractivity contribution in [2.45, 2.75) is 109 Å². The Bertz CT molecular complexity index is 1860. The van der Waals surface area contributed by atoms with Gasteiger partial charge in [-0.1, -0.05) is 78.9 Å². The Morgan fingerprint density at radius 2 is 1.30 bits per heavy atom. The minimum atomic E-state index is -1.35. The number of aliphatic carboxylic acids is 1. The summed E-state index contributed by atoms with van der Waals surface area (Å²) >= 11 is 0. The van der Waals surface area contributed by atoms with Crippen LogP contribution in [0.4, 0.5) is 4.79 Å². The van der Waals surface area contributed by atoms with Crippen LogP contribution in [0.2, 0.25) is 0 Å². The second-order valence-corrected chi connectivity index (χ2v) is 15.9. The molecule has 0 unspecified atom stereocenters. The zero-order valence-electron chi connectivity index (χ0n) is 33.5. The van der Waals surface area contributed by atoms with Crippen molar-refractivity contribution < 1.29 is 48.1 Å². The molecule has 0 radical (unpaired) electrons. The highest BCUT2D eigenvalue weighted by molar-refractivity contribution is 5.93. The molecule has 1 aliphatic carbocycles. The number of nitrogens with one attached hydrogen (secondary N) is 4. The lowest BCUT2D eigenvalue weighted by Crippen LogP contribution is -2.59. The quantitative estimate of drug-likeness (QED) is 0.120. The normalized spacial score (nSPS) is 14.4. The number of fused-ring (bicyclic) bond motifs is 3. The summed E-state index contributed by atoms with van der Waals surface area (Å²) in [5.74, 6) is -4.50. The van der Waals surface area contributed by atoms with Gasteiger partial charge in [0.1, 0.15) is 30.3 Å². The van der Waals surface area contributed by atoms with Crippen LogP contribution in [0.15, 0.2) is 78.9 Å². The van der Waals surface area contributed by atoms with Gasteiger partial charge in [0.25, 0.3) is 0 Å². The fourth-order valence-electron chi connectivity index (χ4n) is 6.55. The van der Waals surface area contributed by atoms with Gasteiger partial charge in [0.15, 0.2) is 0 Å². The summed E-state index contributed by atoms with van der Waals surface area (Å²) < 4.78 is 17.0. The molecular formula is C43H54N4O10. The van der Waals surface area contributed by atoms with Gasteiger partial charge >= 0.3 is 18.0 Å². The number of amides is 4. The van der Waals surface area contributed by atoms with Crippen LogP contribution in [-0.2, 0) is 44.6 Å². The van der Waals surface area contributed by atoms with E-state index in [0.717, 1.165) is 22.3 Å². The minimum absolute atomic E-state index is 0.00545. The number of esters is 1. The molecule has 1 aliphatic rings. The van der Waals surface area contributed by atoms with E-state index < -0.39 is 77.7 Å². The molecular weight excluding hydrogens is 732 g/mol. The van der Waals surface area contributed by atoms with Crippen molar-refractivity contribution in [3.63, 3.8) is 0 Å². The molecule has 14 heteroatoms. The number of hydrogen-bond acceptors (Lipinski definition) is 9. The summed E-state index contributed by atoms with van der Waals surface area (Å²) in [7, 11) is 0. The van der Waals surface area contributed by atoms with Gasteiger partial charge in [-0.25, -0.2) is 9.59 Å². The summed E-state index contributed by atoms with van der Waals surface area (Å²) in [5.41, 5.74) is 3.25. The molecule has 0 aromatic heterocycles. The van der Waals surface area contributed by atoms with Gasteiger partial charge < -0.3 is 40.6 Å². The van der Waals surface area contributed by atoms with Crippen molar-refractivity contribution >= 4 is 35.8 Å². The Morgan fingerprint density at radius 1 is 0.719 bits per heavy atom. The first-order valence-corrected chi connectivity index (χ1v) is 19.0. The van der Waals surface area contributed by atoms with Gasteiger partial charge in [0, 0.05) is 18.8 Å². The molecule has 14 nitrogen and oxygen atoms in total. The van der Waals surface area contributed by atoms with Crippen LogP contribution < -0.4 is 21.3 Å². The van der Waals surface area contributed by atoms with Crippen molar-refractivity contribution in [2.24, 2.45) is 0 Å². The first-order valence-electron chi connectivity index (χ1n) is 19.0. The summed E-state index contributed by atoms with van der Waals surface area (Å²) in [6, 6.07) is 20.5. The molecule has 4 rings (SSSR count). The number of carboxylic acids is 1. The third-order valence-corrected chi connectivity index (χ3v) is 8.94. The van der Waals surface area contributed by atoms with E-state index >= 15 is 0 Å². The maximum absolute atomic E-state index is 13.6. The van der Waals surface area contributed by atoms with Crippen molar-refractivity contribution in [3.8, 4) is 11.1 Å². The van der Waals surface area contributed by atoms with Crippen LogP contribution in [0.3, 0.4) is 0 Å². The number of rotatable bonds is 17. The van der Waals surface area contributed by atoms with E-state index in [1.54, 1.807) is 78.8 Å². The van der Waals surface area contributed by atoms with Crippen molar-refractivity contribution in [3.05, 3.63) is 95.6 Å². The molecule has 5 N–H and O–H groups in total. The first kappa shape index (κ1) is 44.0. The molecule has 0 saturated carbocycles. The van der Waals surface area contributed by atoms with E-state index in [-0.39, 0.29) is 31.8 Å². The third-order valence-electron chi connectivity index (χ3n) is 8.94. The van der Waals surface area contributed by atoms with E-state index in [0.29, 0.717) is 5.56 Å². The van der Waals surface area contributed by atoms with Crippen LogP contribution >= 0.6 is 0 Å². The summed E-state index contributed by atoms with van der Waals surface area (Å²) in [6.07, 6.45) is -2.24. The van der Waals surface area contributed by atoms with Crippen LogP contribution in [0.1, 0.15) is 83.9 Å². The van der Waals surface area contributed by atoms with Gasteiger partial charge in [0.2, 0.25) is 17.7 Å². The highest BCUT2D eigenvalue weighted by atomic mass is 16.6. The highest BCUT2D eigenvalue weighted by Gasteiger charge is 2.34. The molecule has 4 amide bonds. The molecule has 306 valence electrons. The zero-order valence-corrected chi connectivity index (χ0v) is 33.5. The number of alkyl carbamates (subject to hydrolysis) is 1. The molecule has 3 aromatic carbocycles. The molecule has 0 heterocycles. The molecule has 57 heavy (non-hydrogen) atoms. The standard InChI is InChI=1S/C43H54N4O10/c1-26(56-42(2,3)4)37(39(51)45-34(40(52)53)23-27-15-9-8-10-16-27)47-35(48)24-44-38(50)33(21-22-36(49)57-43(5,6)7)46-41(54)55-25-32-30-19-13-11-17-28(30)29-18-12-14-20-31(29)32/h8-20,26,32-34,37H,21-25H2,1-7H3,(H,44,50)(H,45,51)(H,46,54)(H,47,48)(H,52,53)/t26-,33+,34+,37+/m1/s1. The number of ether oxygens (including phenoxy) is 3. The SMILES string of the molecule is C[C@@H](OC(C)(C)C)[C@H](NC(=O)CNC(=O)[C@H](CCC(=O)OC(C)(C)C)NC(=O)OCC1c2ccccc2-c2ccccc21)C(=O)N[C@@H](Cc1ccccc1)C(=O)O. The van der Waals surface area contributed by atoms with Crippen LogP contribution in [0, 0.1) is 0 Å². The molecule has 0 spiro atoms. The van der Waals surface area contributed by atoms with Gasteiger partial charge in [-0.2, -0.15) is 0 Å². The summed E-state index contributed by atoms with van der Waals surface area (Å²) in [6.45, 7) is 11.3. The lowest BCUT2D eigenvalue weighted by molar-refractivity contribution is -0.155. The van der Waals surface area contributed by atoms with E-state index in [1.807, 2.05) is 48.5 Å². The Morgan fingerprint density at radius 3 is 1.86 bits per heavy atom. The number of benzene rings is 3. The number of carbonyl (C=O) groups excluding carboxylic acids is 5. The molecule has 0 saturated heterocycles. The maximum Gasteiger partial charge on any atom is 0.407 e. The van der Waals surface area contributed by atoms with Crippen LogP contribution in [-0.4, -0.2) is 89.4 Å². The van der Waals surface area contributed by atoms with Gasteiger partial charge in [-0.15, -0.1) is 0 Å². The topological polar surface area (TPSA) is 198 Å². The van der Waals surface area contributed by atoms with Gasteiger partial charge in [0.05, 0.1) is 18.2 Å². The molecule has 3 aromatic rings. The summed E-state index contributed by atoms with van der Waals surface area (Å²) in [5, 5.41) is 19.9. The van der Waals surface area contributed by atoms with Crippen molar-refractivity contribution in [2.75, 3.05) is 13.2 Å². The number of carboxylic acid groups (broad SMARTS) is 1. The Hall–Kier alpha value is -5.76. The Labute approximate surface area is 333 Å². The average molecular weight is 787 g/mol. The fraction of sp³-hybridized carbons (Fsp3) is 0.442. The predicted molar refractivity (Wildman–Crippen MR) is 212 cm³/mol. The Kier molecular flexibility index (Phi) is 15.0. The molecule has 4 atom stereocenters. The minimum Gasteiger partial charge on any atom is -0.480 e. The monoisotopic (exact) mass is 786 g/mol. The lowest BCUT2D eigenvalue weighted by atomic mass is 9.98. The van der Waals surface area contributed by atoms with Crippen LogP contribution in [0.5, 0.6) is 0 Å². The van der Waals surface area contributed by atoms with E-state index in [4.69, 9.17) is 14.2 Å². The average Bonchev–Trinajstić information content (AvgIpc) is 3.45. The largest absolute Gasteiger partial charge is 0.480 e. The third kappa shape index (κ3) is 13.4. The van der Waals surface area contributed by atoms with Gasteiger partial charge in [-0.05, 0) is 82.7 Å². The van der Waals surface area contributed by atoms with E-state index in [9.17, 15) is 33.9 Å². The number of hydrogen-bond donors (Lipinski definition) is 5. The summed E-state index contributed by atoms with van der Waals surface area (Å²) in [4.78, 5) is 78.3. The van der Waals surface area contributed by atoms with Crippen molar-refractivity contribution in [1.82, 2.24) is 21.3 Å². The van der Waals surface area contributed by atoms with E-state index in [1.165, 1.54) is 0 Å². The molecule has 0 fully saturated rings. The fourth-order valence-corrected chi connectivity index (χ4v) is 6.55. The zero-order chi connectivity index (χ0) is 41.9. The van der Waals surface area contributed by atoms with Gasteiger partial charge in [-0.3, -0.25) is 19.2 Å². The Balaban J connectivity index is 1.43. The second-order valence-electron chi connectivity index (χ2n) is 15.9. The lowest BCUT2D eigenvalue weighted by Gasteiger charge is -2.31. The highest BCUT2D eigenvalue weighted by Crippen LogP contribution is 2.44. The predicted octanol–water partition coefficient (Wildman–Crippen LogP) is 4.63. The molecule has 0 bridgehead atoms.